The van der Waals surface area contributed by atoms with Crippen molar-refractivity contribution in [3.05, 3.63) is 29.8 Å². The fraction of sp³-hybridized carbons (Fsp3) is 0.562. The quantitative estimate of drug-likeness (QED) is 0.805. The van der Waals surface area contributed by atoms with Crippen molar-refractivity contribution in [3.63, 3.8) is 0 Å². The van der Waals surface area contributed by atoms with Crippen LogP contribution < -0.4 is 10.1 Å². The number of ether oxygens (including phenoxy) is 1. The Bertz CT molecular complexity index is 423. The summed E-state index contributed by atoms with van der Waals surface area (Å²) >= 11 is 0. The second kappa shape index (κ2) is 7.41. The third-order valence-corrected chi connectivity index (χ3v) is 3.34. The first kappa shape index (κ1) is 15.0. The molecule has 0 saturated carbocycles. The molecule has 0 aliphatic carbocycles. The summed E-state index contributed by atoms with van der Waals surface area (Å²) in [5.74, 6) is 1.52. The second-order valence-electron chi connectivity index (χ2n) is 5.68. The molecule has 1 aliphatic heterocycles. The molecule has 1 aromatic rings. The molecule has 1 fully saturated rings. The number of hydrogen-bond acceptors (Lipinski definition) is 4. The monoisotopic (exact) mass is 276 g/mol. The molecule has 0 spiro atoms. The van der Waals surface area contributed by atoms with Gasteiger partial charge in [-0.15, -0.1) is 0 Å². The average Bonchev–Trinajstić information content (AvgIpc) is 2.46. The smallest absolute Gasteiger partial charge is 0.176 e. The number of piperazine rings is 1. The fourth-order valence-corrected chi connectivity index (χ4v) is 2.16. The van der Waals surface area contributed by atoms with Gasteiger partial charge in [-0.3, -0.25) is 9.69 Å². The van der Waals surface area contributed by atoms with Gasteiger partial charge in [-0.1, -0.05) is 13.8 Å². The molecule has 0 amide bonds. The highest BCUT2D eigenvalue weighted by molar-refractivity contribution is 5.97. The predicted molar refractivity (Wildman–Crippen MR) is 80.4 cm³/mol. The number of Topliss-reactive ketones (excluding diaryl/α,β-unsaturated/α-hetero) is 1. The van der Waals surface area contributed by atoms with Crippen molar-refractivity contribution >= 4 is 5.78 Å². The molecule has 4 heteroatoms. The third kappa shape index (κ3) is 4.62. The van der Waals surface area contributed by atoms with E-state index in [9.17, 15) is 4.79 Å². The van der Waals surface area contributed by atoms with E-state index in [1.165, 1.54) is 0 Å². The van der Waals surface area contributed by atoms with Gasteiger partial charge >= 0.3 is 0 Å². The molecule has 1 N–H and O–H groups in total. The number of carbonyl (C=O) groups is 1. The normalized spacial score (nSPS) is 16.4. The molecule has 1 aromatic carbocycles. The maximum atomic E-state index is 12.2. The number of benzene rings is 1. The Kier molecular flexibility index (Phi) is 5.56. The first-order valence-electron chi connectivity index (χ1n) is 7.34. The molecule has 1 saturated heterocycles. The van der Waals surface area contributed by atoms with E-state index in [4.69, 9.17) is 4.74 Å². The summed E-state index contributed by atoms with van der Waals surface area (Å²) in [4.78, 5) is 14.4. The SMILES string of the molecule is CC(C)COc1ccc(C(=O)CN2CCNCC2)cc1. The molecular formula is C16H24N2O2. The van der Waals surface area contributed by atoms with Crippen LogP contribution in [-0.2, 0) is 0 Å². The highest BCUT2D eigenvalue weighted by Crippen LogP contribution is 2.14. The van der Waals surface area contributed by atoms with E-state index in [1.807, 2.05) is 24.3 Å². The van der Waals surface area contributed by atoms with Crippen molar-refractivity contribution < 1.29 is 9.53 Å². The zero-order chi connectivity index (χ0) is 14.4. The maximum absolute atomic E-state index is 12.2. The number of hydrogen-bond donors (Lipinski definition) is 1. The highest BCUT2D eigenvalue weighted by Gasteiger charge is 2.14. The van der Waals surface area contributed by atoms with Crippen LogP contribution in [0.3, 0.4) is 0 Å². The standard InChI is InChI=1S/C16H24N2O2/c1-13(2)12-20-15-5-3-14(4-6-15)16(19)11-18-9-7-17-8-10-18/h3-6,13,17H,7-12H2,1-2H3. The Hall–Kier alpha value is -1.39. The minimum atomic E-state index is 0.183. The van der Waals surface area contributed by atoms with Gasteiger partial charge in [0.05, 0.1) is 13.2 Å². The van der Waals surface area contributed by atoms with Crippen molar-refractivity contribution in [2.75, 3.05) is 39.3 Å². The van der Waals surface area contributed by atoms with Crippen LogP contribution in [0.5, 0.6) is 5.75 Å². The van der Waals surface area contributed by atoms with Crippen LogP contribution in [0.1, 0.15) is 24.2 Å². The molecule has 0 radical (unpaired) electrons. The minimum Gasteiger partial charge on any atom is -0.493 e. The van der Waals surface area contributed by atoms with Gasteiger partial charge in [0.2, 0.25) is 0 Å². The Morgan fingerprint density at radius 2 is 1.90 bits per heavy atom. The first-order chi connectivity index (χ1) is 9.65. The molecule has 2 rings (SSSR count). The second-order valence-corrected chi connectivity index (χ2v) is 5.68. The first-order valence-corrected chi connectivity index (χ1v) is 7.34. The number of rotatable bonds is 6. The summed E-state index contributed by atoms with van der Waals surface area (Å²) in [5, 5.41) is 3.29. The van der Waals surface area contributed by atoms with Crippen LogP contribution in [0.25, 0.3) is 0 Å². The lowest BCUT2D eigenvalue weighted by molar-refractivity contribution is 0.0921. The maximum Gasteiger partial charge on any atom is 0.176 e. The minimum absolute atomic E-state index is 0.183. The Morgan fingerprint density at radius 1 is 1.25 bits per heavy atom. The number of nitrogens with one attached hydrogen (secondary N) is 1. The zero-order valence-corrected chi connectivity index (χ0v) is 12.4. The van der Waals surface area contributed by atoms with E-state index in [0.717, 1.165) is 37.5 Å². The molecule has 1 aliphatic rings. The Morgan fingerprint density at radius 3 is 2.50 bits per heavy atom. The van der Waals surface area contributed by atoms with Crippen molar-refractivity contribution in [3.8, 4) is 5.75 Å². The summed E-state index contributed by atoms with van der Waals surface area (Å²) < 4.78 is 5.62. The van der Waals surface area contributed by atoms with Gasteiger partial charge < -0.3 is 10.1 Å². The van der Waals surface area contributed by atoms with Gasteiger partial charge in [-0.25, -0.2) is 0 Å². The lowest BCUT2D eigenvalue weighted by Crippen LogP contribution is -2.45. The van der Waals surface area contributed by atoms with Crippen molar-refractivity contribution in [1.29, 1.82) is 0 Å². The molecule has 0 bridgehead atoms. The topological polar surface area (TPSA) is 41.6 Å². The van der Waals surface area contributed by atoms with Crippen molar-refractivity contribution in [2.45, 2.75) is 13.8 Å². The van der Waals surface area contributed by atoms with Gasteiger partial charge in [0.25, 0.3) is 0 Å². The Balaban J connectivity index is 1.86. The summed E-state index contributed by atoms with van der Waals surface area (Å²) in [6.45, 7) is 9.27. The zero-order valence-electron chi connectivity index (χ0n) is 12.4. The average molecular weight is 276 g/mol. The highest BCUT2D eigenvalue weighted by atomic mass is 16.5. The largest absolute Gasteiger partial charge is 0.493 e. The van der Waals surface area contributed by atoms with Gasteiger partial charge in [0.15, 0.2) is 5.78 Å². The van der Waals surface area contributed by atoms with E-state index < -0.39 is 0 Å². The predicted octanol–water partition coefficient (Wildman–Crippen LogP) is 1.81. The lowest BCUT2D eigenvalue weighted by atomic mass is 10.1. The summed E-state index contributed by atoms with van der Waals surface area (Å²) in [6.07, 6.45) is 0. The van der Waals surface area contributed by atoms with E-state index in [2.05, 4.69) is 24.1 Å². The lowest BCUT2D eigenvalue weighted by Gasteiger charge is -2.26. The molecule has 0 unspecified atom stereocenters. The van der Waals surface area contributed by atoms with Crippen LogP contribution in [0.4, 0.5) is 0 Å². The molecular weight excluding hydrogens is 252 g/mol. The molecule has 1 heterocycles. The molecule has 4 nitrogen and oxygen atoms in total. The Labute approximate surface area is 121 Å². The van der Waals surface area contributed by atoms with Crippen LogP contribution in [-0.4, -0.2) is 50.0 Å². The van der Waals surface area contributed by atoms with Gasteiger partial charge in [-0.05, 0) is 30.2 Å². The van der Waals surface area contributed by atoms with Crippen LogP contribution >= 0.6 is 0 Å². The van der Waals surface area contributed by atoms with Gasteiger partial charge in [0.1, 0.15) is 5.75 Å². The molecule has 20 heavy (non-hydrogen) atoms. The number of nitrogens with zero attached hydrogens (tertiary/aromatic N) is 1. The number of ketones is 1. The van der Waals surface area contributed by atoms with Crippen LogP contribution in [0, 0.1) is 5.92 Å². The summed E-state index contributed by atoms with van der Waals surface area (Å²) in [6, 6.07) is 7.49. The van der Waals surface area contributed by atoms with Crippen molar-refractivity contribution in [2.24, 2.45) is 5.92 Å². The molecule has 110 valence electrons. The summed E-state index contributed by atoms with van der Waals surface area (Å²) in [5.41, 5.74) is 0.764. The van der Waals surface area contributed by atoms with Crippen LogP contribution in [0.2, 0.25) is 0 Å². The summed E-state index contributed by atoms with van der Waals surface area (Å²) in [7, 11) is 0. The molecule has 0 atom stereocenters. The van der Waals surface area contributed by atoms with Crippen LogP contribution in [0.15, 0.2) is 24.3 Å². The number of carbonyl (C=O) groups excluding carboxylic acids is 1. The van der Waals surface area contributed by atoms with E-state index >= 15 is 0 Å². The van der Waals surface area contributed by atoms with Gasteiger partial charge in [0, 0.05) is 31.7 Å². The third-order valence-electron chi connectivity index (χ3n) is 3.34. The fourth-order valence-electron chi connectivity index (χ4n) is 2.16. The molecule has 0 aromatic heterocycles. The van der Waals surface area contributed by atoms with E-state index in [1.54, 1.807) is 0 Å². The van der Waals surface area contributed by atoms with E-state index in [0.29, 0.717) is 19.1 Å². The van der Waals surface area contributed by atoms with E-state index in [-0.39, 0.29) is 5.78 Å². The van der Waals surface area contributed by atoms with Gasteiger partial charge in [-0.2, -0.15) is 0 Å². The van der Waals surface area contributed by atoms with Crippen molar-refractivity contribution in [1.82, 2.24) is 10.2 Å².